The van der Waals surface area contributed by atoms with Gasteiger partial charge in [0.05, 0.1) is 6.42 Å². The van der Waals surface area contributed by atoms with E-state index in [1.165, 1.54) is 0 Å². The van der Waals surface area contributed by atoms with Crippen molar-refractivity contribution < 1.29 is 68.9 Å². The van der Waals surface area contributed by atoms with Crippen LogP contribution in [-0.4, -0.2) is 45.5 Å². The maximum Gasteiger partial charge on any atom is 1.00 e. The maximum atomic E-state index is 10.2. The third kappa shape index (κ3) is 10.1. The van der Waals surface area contributed by atoms with Gasteiger partial charge in [-0.15, -0.1) is 6.58 Å². The molecule has 0 aliphatic heterocycles. The van der Waals surface area contributed by atoms with Gasteiger partial charge in [0.1, 0.15) is 5.75 Å². The summed E-state index contributed by atoms with van der Waals surface area (Å²) in [5.74, 6) is -3.15. The first kappa shape index (κ1) is 23.9. The second-order valence-corrected chi connectivity index (χ2v) is 5.66. The summed E-state index contributed by atoms with van der Waals surface area (Å²) in [6.45, 7) is 3.59. The van der Waals surface area contributed by atoms with E-state index in [0.29, 0.717) is 5.75 Å². The molecule has 4 N–H and O–H groups in total. The van der Waals surface area contributed by atoms with Crippen molar-refractivity contribution in [1.82, 2.24) is 0 Å². The van der Waals surface area contributed by atoms with E-state index in [1.807, 2.05) is 18.2 Å². The van der Waals surface area contributed by atoms with Gasteiger partial charge in [-0.3, -0.25) is 14.1 Å². The Kier molecular flexibility index (Phi) is 11.6. The average Bonchev–Trinajstić information content (AvgIpc) is 2.38. The van der Waals surface area contributed by atoms with E-state index in [0.717, 1.165) is 12.0 Å². The number of aliphatic carboxylic acids is 2. The fourth-order valence-corrected chi connectivity index (χ4v) is 1.93. The van der Waals surface area contributed by atoms with Gasteiger partial charge in [-0.1, -0.05) is 24.3 Å². The van der Waals surface area contributed by atoms with E-state index in [2.05, 4.69) is 6.58 Å². The molecule has 1 aromatic rings. The molecule has 0 spiro atoms. The number of allylic oxidation sites excluding steroid dienone is 1. The van der Waals surface area contributed by atoms with Crippen LogP contribution in [0.25, 0.3) is 0 Å². The summed E-state index contributed by atoms with van der Waals surface area (Å²) in [5, 5.41) is 23.1. The molecule has 1 unspecified atom stereocenters. The molecule has 0 heterocycles. The molecule has 23 heavy (non-hydrogen) atoms. The number of carboxylic acid groups (broad SMARTS) is 2. The number of para-hydroxylation sites is 1. The molecule has 0 fully saturated rings. The Morgan fingerprint density at radius 2 is 1.78 bits per heavy atom. The summed E-state index contributed by atoms with van der Waals surface area (Å²) in [6.07, 6.45) is 1.34. The van der Waals surface area contributed by atoms with E-state index < -0.39 is 33.7 Å². The summed E-state index contributed by atoms with van der Waals surface area (Å²) in [6, 6.07) is 7.27. The first-order chi connectivity index (χ1) is 10.1. The van der Waals surface area contributed by atoms with Crippen LogP contribution in [0.5, 0.6) is 5.75 Å². The van der Waals surface area contributed by atoms with Crippen molar-refractivity contribution >= 4 is 22.1 Å². The number of hydrogen-bond donors (Lipinski definition) is 4. The van der Waals surface area contributed by atoms with Crippen LogP contribution in [0.4, 0.5) is 0 Å². The summed E-state index contributed by atoms with van der Waals surface area (Å²) < 4.78 is 28.7. The van der Waals surface area contributed by atoms with Crippen molar-refractivity contribution in [3.05, 3.63) is 42.5 Å². The van der Waals surface area contributed by atoms with Crippen LogP contribution in [0.1, 0.15) is 13.4 Å². The first-order valence-electron chi connectivity index (χ1n) is 5.88. The monoisotopic (exact) mass is 356 g/mol. The van der Waals surface area contributed by atoms with Gasteiger partial charge in [0.2, 0.25) is 0 Å². The number of rotatable bonds is 6. The standard InChI is InChI=1S/C9H10O.C4H6O7S.Na.H/c1-2-5-8-6-3-4-7-9(8)10;5-3(6)1-2(4(7)8)12(9,10)11;;/h2-4,6-7,10H,1,5H2;2H,1H2,(H,5,6)(H,7,8)(H,9,10,11);;/q;;+1;-1. The molecule has 0 saturated heterocycles. The molecule has 124 valence electrons. The number of benzene rings is 1. The summed E-state index contributed by atoms with van der Waals surface area (Å²) in [7, 11) is -4.84. The van der Waals surface area contributed by atoms with E-state index in [1.54, 1.807) is 12.1 Å². The average molecular weight is 356 g/mol. The zero-order valence-corrected chi connectivity index (χ0v) is 15.2. The largest absolute Gasteiger partial charge is 1.00 e. The molecule has 0 amide bonds. The zero-order chi connectivity index (χ0) is 17.3. The minimum Gasteiger partial charge on any atom is -1.00 e. The van der Waals surface area contributed by atoms with E-state index in [-0.39, 0.29) is 31.0 Å². The molecular weight excluding hydrogens is 339 g/mol. The number of carboxylic acids is 2. The van der Waals surface area contributed by atoms with Crippen LogP contribution >= 0.6 is 0 Å². The van der Waals surface area contributed by atoms with Gasteiger partial charge in [-0.05, 0) is 18.1 Å². The van der Waals surface area contributed by atoms with Crippen molar-refractivity contribution in [1.29, 1.82) is 0 Å². The molecule has 10 heteroatoms. The predicted octanol–water partition coefficient (Wildman–Crippen LogP) is -1.96. The molecule has 0 aliphatic carbocycles. The molecule has 8 nitrogen and oxygen atoms in total. The summed E-state index contributed by atoms with van der Waals surface area (Å²) >= 11 is 0. The predicted molar refractivity (Wildman–Crippen MR) is 78.3 cm³/mol. The Balaban J connectivity index is -0.000000342. The molecule has 0 bridgehead atoms. The third-order valence-electron chi connectivity index (χ3n) is 2.35. The third-order valence-corrected chi connectivity index (χ3v) is 3.44. The summed E-state index contributed by atoms with van der Waals surface area (Å²) in [5.41, 5.74) is 0.928. The minimum absolute atomic E-state index is 0. The van der Waals surface area contributed by atoms with Crippen LogP contribution in [0.15, 0.2) is 36.9 Å². The van der Waals surface area contributed by atoms with E-state index in [9.17, 15) is 23.1 Å². The molecule has 1 rings (SSSR count). The summed E-state index contributed by atoms with van der Waals surface area (Å²) in [4.78, 5) is 20.0. The van der Waals surface area contributed by atoms with Gasteiger partial charge in [0.15, 0.2) is 5.25 Å². The maximum absolute atomic E-state index is 10.2. The topological polar surface area (TPSA) is 149 Å². The van der Waals surface area contributed by atoms with Crippen molar-refractivity contribution in [2.24, 2.45) is 0 Å². The van der Waals surface area contributed by atoms with Crippen molar-refractivity contribution in [2.75, 3.05) is 0 Å². The minimum atomic E-state index is -4.84. The Labute approximate surface area is 157 Å². The zero-order valence-electron chi connectivity index (χ0n) is 13.4. The SMILES string of the molecule is C=CCc1ccccc1O.O=C(O)CC(C(=O)O)S(=O)(=O)O.[H-].[Na+]. The van der Waals surface area contributed by atoms with Crippen molar-refractivity contribution in [3.8, 4) is 5.75 Å². The molecule has 0 aromatic heterocycles. The molecule has 0 radical (unpaired) electrons. The normalized spacial score (nSPS) is 11.2. The number of aromatic hydroxyl groups is 1. The Bertz CT molecular complexity index is 647. The Morgan fingerprint density at radius 3 is 2.09 bits per heavy atom. The Hall–Kier alpha value is -1.39. The van der Waals surface area contributed by atoms with Crippen LogP contribution in [0.3, 0.4) is 0 Å². The van der Waals surface area contributed by atoms with Crippen LogP contribution < -0.4 is 29.6 Å². The smallest absolute Gasteiger partial charge is 1.00 e. The molecule has 0 aliphatic rings. The van der Waals surface area contributed by atoms with Crippen molar-refractivity contribution in [2.45, 2.75) is 18.1 Å². The van der Waals surface area contributed by atoms with E-state index >= 15 is 0 Å². The van der Waals surface area contributed by atoms with E-state index in [4.69, 9.17) is 14.8 Å². The molecular formula is C13H17NaO8S. The van der Waals surface area contributed by atoms with Crippen LogP contribution in [0, 0.1) is 0 Å². The van der Waals surface area contributed by atoms with Crippen molar-refractivity contribution in [3.63, 3.8) is 0 Å². The number of phenols is 1. The van der Waals surface area contributed by atoms with Gasteiger partial charge in [0, 0.05) is 0 Å². The van der Waals surface area contributed by atoms with Gasteiger partial charge < -0.3 is 16.7 Å². The first-order valence-corrected chi connectivity index (χ1v) is 7.38. The van der Waals surface area contributed by atoms with Gasteiger partial charge in [0.25, 0.3) is 10.1 Å². The molecule has 0 saturated carbocycles. The second kappa shape index (κ2) is 11.2. The van der Waals surface area contributed by atoms with Gasteiger partial charge >= 0.3 is 41.5 Å². The van der Waals surface area contributed by atoms with Gasteiger partial charge in [-0.2, -0.15) is 8.42 Å². The second-order valence-electron chi connectivity index (χ2n) is 4.06. The quantitative estimate of drug-likeness (QED) is 0.261. The van der Waals surface area contributed by atoms with Gasteiger partial charge in [-0.25, -0.2) is 0 Å². The van der Waals surface area contributed by atoms with Crippen LogP contribution in [-0.2, 0) is 26.1 Å². The fraction of sp³-hybridized carbons (Fsp3) is 0.231. The molecule has 1 atom stereocenters. The Morgan fingerprint density at radius 1 is 1.26 bits per heavy atom. The number of hydrogen-bond acceptors (Lipinski definition) is 5. The van der Waals surface area contributed by atoms with Crippen LogP contribution in [0.2, 0.25) is 0 Å². The number of phenolic OH excluding ortho intramolecular Hbond substituents is 1. The fourth-order valence-electron chi connectivity index (χ4n) is 1.32. The number of carbonyl (C=O) groups is 2. The molecule has 1 aromatic carbocycles.